The molecule has 1 heterocycles. The molecule has 62 heavy (non-hydrogen) atoms. The monoisotopic (exact) mass is 848 g/mol. The molecule has 0 unspecified atom stereocenters. The number of ether oxygens (including phenoxy) is 2. The fourth-order valence-electron chi connectivity index (χ4n) is 7.52. The summed E-state index contributed by atoms with van der Waals surface area (Å²) in [4.78, 5) is 69.7. The molecule has 13 nitrogen and oxygen atoms in total. The van der Waals surface area contributed by atoms with E-state index in [-0.39, 0.29) is 54.3 Å². The van der Waals surface area contributed by atoms with Crippen LogP contribution >= 0.6 is 0 Å². The van der Waals surface area contributed by atoms with Gasteiger partial charge in [0.1, 0.15) is 22.8 Å². The van der Waals surface area contributed by atoms with Crippen molar-refractivity contribution in [2.24, 2.45) is 17.8 Å². The molecule has 1 atom stereocenters. The van der Waals surface area contributed by atoms with Gasteiger partial charge in [0.2, 0.25) is 5.91 Å². The van der Waals surface area contributed by atoms with E-state index in [1.807, 2.05) is 117 Å². The summed E-state index contributed by atoms with van der Waals surface area (Å²) in [6.45, 7) is 17.3. The molecule has 1 aliphatic rings. The predicted molar refractivity (Wildman–Crippen MR) is 240 cm³/mol. The van der Waals surface area contributed by atoms with E-state index >= 15 is 0 Å². The van der Waals surface area contributed by atoms with Crippen LogP contribution in [0.4, 0.5) is 10.5 Å². The second kappa shape index (κ2) is 20.8. The van der Waals surface area contributed by atoms with E-state index in [2.05, 4.69) is 31.1 Å². The number of carbonyl (C=O) groups excluding carboxylic acids is 5. The molecule has 5 rings (SSSR count). The van der Waals surface area contributed by atoms with Crippen molar-refractivity contribution in [3.63, 3.8) is 0 Å². The van der Waals surface area contributed by atoms with Crippen LogP contribution < -0.4 is 16.0 Å². The lowest BCUT2D eigenvalue weighted by Gasteiger charge is -2.29. The number of benzene rings is 3. The van der Waals surface area contributed by atoms with Crippen LogP contribution in [0.2, 0.25) is 0 Å². The summed E-state index contributed by atoms with van der Waals surface area (Å²) in [5.74, 6) is -0.153. The van der Waals surface area contributed by atoms with Gasteiger partial charge >= 0.3 is 12.1 Å². The topological polar surface area (TPSA) is 181 Å². The van der Waals surface area contributed by atoms with E-state index < -0.39 is 23.2 Å². The van der Waals surface area contributed by atoms with E-state index in [0.717, 1.165) is 40.7 Å². The first-order chi connectivity index (χ1) is 29.2. The Bertz CT molecular complexity index is 2170. The normalized spacial score (nSPS) is 16.0. The van der Waals surface area contributed by atoms with Gasteiger partial charge in [0.15, 0.2) is 5.82 Å². The number of amides is 3. The van der Waals surface area contributed by atoms with E-state index in [9.17, 15) is 24.0 Å². The summed E-state index contributed by atoms with van der Waals surface area (Å²) < 4.78 is 10.8. The lowest BCUT2D eigenvalue weighted by Crippen LogP contribution is -2.37. The van der Waals surface area contributed by atoms with E-state index in [0.29, 0.717) is 55.1 Å². The minimum absolute atomic E-state index is 0.0170. The Morgan fingerprint density at radius 3 is 2.10 bits per heavy atom. The first-order valence-electron chi connectivity index (χ1n) is 21.8. The summed E-state index contributed by atoms with van der Waals surface area (Å²) in [5, 5.41) is 16.1. The van der Waals surface area contributed by atoms with E-state index in [1.165, 1.54) is 0 Å². The number of Topliss-reactive ketones (excluding diaryl/α,β-unsaturated/α-hetero) is 1. The number of carbonyl (C=O) groups is 5. The van der Waals surface area contributed by atoms with Gasteiger partial charge in [0.05, 0.1) is 6.42 Å². The number of ketones is 1. The zero-order chi connectivity index (χ0) is 45.2. The molecular weight excluding hydrogens is 785 g/mol. The standard InChI is InChI=1S/C49H64N6O7/c1-30(2)51-45(58)37-15-10-31(3)40(27-37)34-16-11-32(12-17-34)26-38(28-41(56)35-18-13-33(14-19-35)29-50-47(60)62-49(7,8)9)46(59)52-39-22-20-36(21-23-39)44-53-42(54-55-44)24-25-43(57)61-48(4,5)6/h10-12,15-17,20-23,27,30,33,35,38H,13-14,18-19,24-26,28-29H2,1-9H3,(H,50,60)(H,51,58)(H,52,59)(H,53,54,55)/t33?,35?,38-/m1/s1. The molecule has 4 N–H and O–H groups in total. The number of nitrogens with one attached hydrogen (secondary N) is 4. The van der Waals surface area contributed by atoms with Gasteiger partial charge in [-0.05, 0) is 159 Å². The van der Waals surface area contributed by atoms with Crippen LogP contribution in [0.3, 0.4) is 0 Å². The van der Waals surface area contributed by atoms with E-state index in [4.69, 9.17) is 9.47 Å². The summed E-state index contributed by atoms with van der Waals surface area (Å²) in [6.07, 6.45) is 3.52. The average Bonchev–Trinajstić information content (AvgIpc) is 3.67. The van der Waals surface area contributed by atoms with Crippen molar-refractivity contribution < 1.29 is 33.4 Å². The van der Waals surface area contributed by atoms with Gasteiger partial charge in [-0.3, -0.25) is 24.3 Å². The van der Waals surface area contributed by atoms with Crippen molar-refractivity contribution in [1.29, 1.82) is 0 Å². The molecule has 1 fully saturated rings. The number of H-pyrrole nitrogens is 1. The Kier molecular flexibility index (Phi) is 15.8. The number of anilines is 1. The van der Waals surface area contributed by atoms with Crippen molar-refractivity contribution in [3.8, 4) is 22.5 Å². The smallest absolute Gasteiger partial charge is 0.407 e. The van der Waals surface area contributed by atoms with Gasteiger partial charge in [-0.1, -0.05) is 30.3 Å². The fraction of sp³-hybridized carbons (Fsp3) is 0.490. The summed E-state index contributed by atoms with van der Waals surface area (Å²) in [5.41, 5.74) is 4.58. The van der Waals surface area contributed by atoms with Crippen LogP contribution in [0.25, 0.3) is 22.5 Å². The molecule has 1 aromatic heterocycles. The van der Waals surface area contributed by atoms with Gasteiger partial charge in [-0.15, -0.1) is 0 Å². The van der Waals surface area contributed by atoms with Gasteiger partial charge < -0.3 is 25.4 Å². The molecular formula is C49H64N6O7. The third-order valence-electron chi connectivity index (χ3n) is 10.6. The highest BCUT2D eigenvalue weighted by molar-refractivity contribution is 5.97. The number of rotatable bonds is 16. The van der Waals surface area contributed by atoms with Crippen LogP contribution in [0.1, 0.15) is 121 Å². The number of aryl methyl sites for hydroxylation is 2. The van der Waals surface area contributed by atoms with Crippen LogP contribution in [0, 0.1) is 24.7 Å². The Hall–Kier alpha value is -5.85. The lowest BCUT2D eigenvalue weighted by molar-refractivity contribution is -0.154. The maximum atomic E-state index is 14.1. The fourth-order valence-corrected chi connectivity index (χ4v) is 7.52. The molecule has 1 aliphatic carbocycles. The second-order valence-corrected chi connectivity index (χ2v) is 18.8. The number of aromatic amines is 1. The summed E-state index contributed by atoms with van der Waals surface area (Å²) in [7, 11) is 0. The SMILES string of the molecule is Cc1ccc(C(=O)NC(C)C)cc1-c1ccc(C[C@H](CC(=O)C2CCC(CNC(=O)OC(C)(C)C)CC2)C(=O)Nc2ccc(-c3n[nH]c(CCC(=O)OC(C)(C)C)n3)cc2)cc1. The van der Waals surface area contributed by atoms with Crippen molar-refractivity contribution >= 4 is 35.3 Å². The summed E-state index contributed by atoms with van der Waals surface area (Å²) >= 11 is 0. The van der Waals surface area contributed by atoms with E-state index in [1.54, 1.807) is 12.1 Å². The molecule has 0 radical (unpaired) electrons. The Morgan fingerprint density at radius 1 is 0.823 bits per heavy atom. The number of alkyl carbamates (subject to hydrolysis) is 1. The number of hydrogen-bond acceptors (Lipinski definition) is 9. The van der Waals surface area contributed by atoms with Crippen LogP contribution in [0.5, 0.6) is 0 Å². The summed E-state index contributed by atoms with van der Waals surface area (Å²) in [6, 6.07) is 20.8. The Labute approximate surface area is 365 Å². The molecule has 3 aromatic carbocycles. The molecule has 0 aliphatic heterocycles. The molecule has 0 bridgehead atoms. The number of aromatic nitrogens is 3. The minimum atomic E-state index is -0.634. The van der Waals surface area contributed by atoms with Crippen molar-refractivity contribution in [2.45, 2.75) is 131 Å². The molecule has 3 amide bonds. The maximum absolute atomic E-state index is 14.1. The van der Waals surface area contributed by atoms with Gasteiger partial charge in [-0.2, -0.15) is 5.10 Å². The Morgan fingerprint density at radius 2 is 1.47 bits per heavy atom. The van der Waals surface area contributed by atoms with Crippen molar-refractivity contribution in [3.05, 3.63) is 89.2 Å². The first kappa shape index (κ1) is 47.2. The number of esters is 1. The highest BCUT2D eigenvalue weighted by atomic mass is 16.6. The number of hydrogen-bond donors (Lipinski definition) is 4. The third-order valence-corrected chi connectivity index (χ3v) is 10.6. The van der Waals surface area contributed by atoms with Crippen molar-refractivity contribution in [2.75, 3.05) is 11.9 Å². The Balaban J connectivity index is 1.26. The van der Waals surface area contributed by atoms with Crippen molar-refractivity contribution in [1.82, 2.24) is 25.8 Å². The third kappa shape index (κ3) is 14.7. The average molecular weight is 849 g/mol. The second-order valence-electron chi connectivity index (χ2n) is 18.8. The molecule has 13 heteroatoms. The molecule has 1 saturated carbocycles. The first-order valence-corrected chi connectivity index (χ1v) is 21.8. The zero-order valence-electron chi connectivity index (χ0n) is 37.8. The highest BCUT2D eigenvalue weighted by Gasteiger charge is 2.31. The maximum Gasteiger partial charge on any atom is 0.407 e. The molecule has 0 saturated heterocycles. The zero-order valence-corrected chi connectivity index (χ0v) is 37.8. The van der Waals surface area contributed by atoms with Gasteiger partial charge in [-0.25, -0.2) is 9.78 Å². The van der Waals surface area contributed by atoms with Crippen LogP contribution in [-0.2, 0) is 36.7 Å². The number of nitrogens with zero attached hydrogens (tertiary/aromatic N) is 2. The van der Waals surface area contributed by atoms with Gasteiger partial charge in [0.25, 0.3) is 5.91 Å². The predicted octanol–water partition coefficient (Wildman–Crippen LogP) is 8.95. The largest absolute Gasteiger partial charge is 0.460 e. The van der Waals surface area contributed by atoms with Crippen LogP contribution in [-0.4, -0.2) is 68.6 Å². The highest BCUT2D eigenvalue weighted by Crippen LogP contribution is 2.32. The molecule has 332 valence electrons. The molecule has 4 aromatic rings. The lowest BCUT2D eigenvalue weighted by atomic mass is 9.77. The van der Waals surface area contributed by atoms with Gasteiger partial charge in [0, 0.05) is 54.1 Å². The van der Waals surface area contributed by atoms with Crippen LogP contribution in [0.15, 0.2) is 66.7 Å². The minimum Gasteiger partial charge on any atom is -0.460 e. The molecule has 0 spiro atoms. The quantitative estimate of drug-likeness (QED) is 0.0801.